The Morgan fingerprint density at radius 2 is 2.00 bits per heavy atom. The summed E-state index contributed by atoms with van der Waals surface area (Å²) in [5.41, 5.74) is 2.36. The van der Waals surface area contributed by atoms with Gasteiger partial charge in [-0.3, -0.25) is 9.63 Å². The van der Waals surface area contributed by atoms with Gasteiger partial charge in [-0.05, 0) is 19.9 Å². The van der Waals surface area contributed by atoms with Crippen LogP contribution in [0.25, 0.3) is 0 Å². The van der Waals surface area contributed by atoms with E-state index in [2.05, 4.69) is 10.8 Å². The van der Waals surface area contributed by atoms with Gasteiger partial charge < -0.3 is 5.32 Å². The molecule has 0 aromatic heterocycles. The van der Waals surface area contributed by atoms with Crippen molar-refractivity contribution >= 4 is 5.91 Å². The Morgan fingerprint density at radius 1 is 1.42 bits per heavy atom. The molecule has 1 unspecified atom stereocenters. The quantitative estimate of drug-likeness (QED) is 0.589. The zero-order chi connectivity index (χ0) is 9.56. The van der Waals surface area contributed by atoms with Gasteiger partial charge in [-0.1, -0.05) is 13.8 Å². The van der Waals surface area contributed by atoms with Crippen molar-refractivity contribution in [1.29, 1.82) is 0 Å². The molecule has 4 nitrogen and oxygen atoms in total. The van der Waals surface area contributed by atoms with E-state index in [1.807, 2.05) is 13.8 Å². The van der Waals surface area contributed by atoms with Crippen molar-refractivity contribution in [3.05, 3.63) is 0 Å². The number of hydroxylamine groups is 1. The summed E-state index contributed by atoms with van der Waals surface area (Å²) in [4.78, 5) is 16.0. The van der Waals surface area contributed by atoms with Gasteiger partial charge >= 0.3 is 0 Å². The van der Waals surface area contributed by atoms with Gasteiger partial charge in [0.2, 0.25) is 0 Å². The second-order valence-electron chi connectivity index (χ2n) is 3.18. The molecule has 1 amide bonds. The first kappa shape index (κ1) is 11.4. The summed E-state index contributed by atoms with van der Waals surface area (Å²) >= 11 is 0. The van der Waals surface area contributed by atoms with E-state index in [1.54, 1.807) is 14.0 Å². The fourth-order valence-electron chi connectivity index (χ4n) is 0.499. The topological polar surface area (TPSA) is 50.4 Å². The molecule has 1 atom stereocenters. The van der Waals surface area contributed by atoms with Crippen molar-refractivity contribution in [1.82, 2.24) is 10.8 Å². The molecule has 0 aliphatic carbocycles. The van der Waals surface area contributed by atoms with E-state index in [-0.39, 0.29) is 11.9 Å². The minimum Gasteiger partial charge on any atom is -0.309 e. The molecule has 0 aromatic rings. The highest BCUT2D eigenvalue weighted by atomic mass is 16.7. The van der Waals surface area contributed by atoms with Crippen LogP contribution in [0.2, 0.25) is 0 Å². The lowest BCUT2D eigenvalue weighted by Gasteiger charge is -2.11. The Labute approximate surface area is 73.6 Å². The maximum atomic E-state index is 11.1. The van der Waals surface area contributed by atoms with Gasteiger partial charge in [-0.2, -0.15) is 0 Å². The van der Waals surface area contributed by atoms with E-state index in [0.29, 0.717) is 12.5 Å². The Bertz CT molecular complexity index is 137. The van der Waals surface area contributed by atoms with Crippen LogP contribution in [0.4, 0.5) is 0 Å². The largest absolute Gasteiger partial charge is 0.309 e. The summed E-state index contributed by atoms with van der Waals surface area (Å²) in [7, 11) is 1.73. The normalized spacial score (nSPS) is 13.1. The minimum absolute atomic E-state index is 0.141. The highest BCUT2D eigenvalue weighted by Crippen LogP contribution is 1.90. The fourth-order valence-corrected chi connectivity index (χ4v) is 0.499. The van der Waals surface area contributed by atoms with Crippen LogP contribution in [0, 0.1) is 5.92 Å². The van der Waals surface area contributed by atoms with E-state index in [4.69, 9.17) is 4.84 Å². The van der Waals surface area contributed by atoms with Crippen molar-refractivity contribution in [3.8, 4) is 0 Å². The molecule has 72 valence electrons. The molecule has 0 aliphatic rings. The van der Waals surface area contributed by atoms with Crippen molar-refractivity contribution in [3.63, 3.8) is 0 Å². The Balaban J connectivity index is 3.44. The van der Waals surface area contributed by atoms with Gasteiger partial charge in [-0.25, -0.2) is 5.48 Å². The summed E-state index contributed by atoms with van der Waals surface area (Å²) in [6.45, 7) is 6.36. The number of nitrogens with one attached hydrogen (secondary N) is 2. The standard InChI is InChI=1S/C8H18N2O2/c1-6(2)5-12-10-8(11)7(3)9-4/h6-7,9H,5H2,1-4H3,(H,10,11). The van der Waals surface area contributed by atoms with E-state index in [0.717, 1.165) is 0 Å². The van der Waals surface area contributed by atoms with E-state index in [9.17, 15) is 4.79 Å². The molecule has 0 radical (unpaired) electrons. The van der Waals surface area contributed by atoms with Crippen molar-refractivity contribution in [2.24, 2.45) is 5.92 Å². The number of hydrogen-bond donors (Lipinski definition) is 2. The van der Waals surface area contributed by atoms with Crippen LogP contribution in [0.3, 0.4) is 0 Å². The smallest absolute Gasteiger partial charge is 0.260 e. The van der Waals surface area contributed by atoms with E-state index in [1.165, 1.54) is 0 Å². The highest BCUT2D eigenvalue weighted by Gasteiger charge is 2.09. The van der Waals surface area contributed by atoms with Gasteiger partial charge in [0.1, 0.15) is 0 Å². The van der Waals surface area contributed by atoms with Crippen LogP contribution in [-0.4, -0.2) is 25.6 Å². The summed E-state index contributed by atoms with van der Waals surface area (Å²) < 4.78 is 0. The Kier molecular flexibility index (Phi) is 5.66. The third kappa shape index (κ3) is 5.09. The highest BCUT2D eigenvalue weighted by molar-refractivity contribution is 5.80. The molecule has 0 saturated carbocycles. The Morgan fingerprint density at radius 3 is 2.42 bits per heavy atom. The van der Waals surface area contributed by atoms with Crippen LogP contribution in [-0.2, 0) is 9.63 Å². The van der Waals surface area contributed by atoms with Crippen LogP contribution in [0.15, 0.2) is 0 Å². The Hall–Kier alpha value is -0.610. The molecule has 0 heterocycles. The zero-order valence-electron chi connectivity index (χ0n) is 8.18. The zero-order valence-corrected chi connectivity index (χ0v) is 8.18. The van der Waals surface area contributed by atoms with Crippen LogP contribution < -0.4 is 10.8 Å². The average molecular weight is 174 g/mol. The molecule has 4 heteroatoms. The molecule has 0 spiro atoms. The SMILES string of the molecule is CNC(C)C(=O)NOCC(C)C. The predicted molar refractivity (Wildman–Crippen MR) is 47.5 cm³/mol. The molecular formula is C8H18N2O2. The van der Waals surface area contributed by atoms with Gasteiger partial charge in [0.05, 0.1) is 12.6 Å². The summed E-state index contributed by atoms with van der Waals surface area (Å²) in [5.74, 6) is 0.286. The second kappa shape index (κ2) is 5.97. The van der Waals surface area contributed by atoms with Crippen LogP contribution in [0.1, 0.15) is 20.8 Å². The molecule has 2 N–H and O–H groups in total. The summed E-state index contributed by atoms with van der Waals surface area (Å²) in [6.07, 6.45) is 0. The third-order valence-electron chi connectivity index (χ3n) is 1.42. The summed E-state index contributed by atoms with van der Waals surface area (Å²) in [6, 6.07) is -0.211. The molecule has 0 fully saturated rings. The molecular weight excluding hydrogens is 156 g/mol. The fraction of sp³-hybridized carbons (Fsp3) is 0.875. The lowest BCUT2D eigenvalue weighted by molar-refractivity contribution is -0.136. The van der Waals surface area contributed by atoms with Crippen LogP contribution in [0.5, 0.6) is 0 Å². The number of rotatable bonds is 5. The van der Waals surface area contributed by atoms with Gasteiger partial charge in [0.15, 0.2) is 0 Å². The molecule has 0 bridgehead atoms. The van der Waals surface area contributed by atoms with Gasteiger partial charge in [0, 0.05) is 0 Å². The monoisotopic (exact) mass is 174 g/mol. The molecule has 0 saturated heterocycles. The first-order valence-corrected chi connectivity index (χ1v) is 4.16. The van der Waals surface area contributed by atoms with Crippen molar-refractivity contribution in [2.75, 3.05) is 13.7 Å². The first-order valence-electron chi connectivity index (χ1n) is 4.16. The number of likely N-dealkylation sites (N-methyl/N-ethyl adjacent to an activating group) is 1. The van der Waals surface area contributed by atoms with Gasteiger partial charge in [-0.15, -0.1) is 0 Å². The van der Waals surface area contributed by atoms with Crippen molar-refractivity contribution in [2.45, 2.75) is 26.8 Å². The van der Waals surface area contributed by atoms with Gasteiger partial charge in [0.25, 0.3) is 5.91 Å². The maximum Gasteiger partial charge on any atom is 0.260 e. The predicted octanol–water partition coefficient (Wildman–Crippen LogP) is 0.298. The number of hydrogen-bond acceptors (Lipinski definition) is 3. The maximum absolute atomic E-state index is 11.1. The number of carbonyl (C=O) groups is 1. The van der Waals surface area contributed by atoms with E-state index >= 15 is 0 Å². The molecule has 0 aromatic carbocycles. The second-order valence-corrected chi connectivity index (χ2v) is 3.18. The molecule has 0 aliphatic heterocycles. The summed E-state index contributed by atoms with van der Waals surface area (Å²) in [5, 5.41) is 2.81. The van der Waals surface area contributed by atoms with Crippen LogP contribution >= 0.6 is 0 Å². The third-order valence-corrected chi connectivity index (χ3v) is 1.42. The number of carbonyl (C=O) groups excluding carboxylic acids is 1. The average Bonchev–Trinajstić information content (AvgIpc) is 2.02. The van der Waals surface area contributed by atoms with Crippen molar-refractivity contribution < 1.29 is 9.63 Å². The molecule has 12 heavy (non-hydrogen) atoms. The number of amides is 1. The van der Waals surface area contributed by atoms with E-state index < -0.39 is 0 Å². The lowest BCUT2D eigenvalue weighted by Crippen LogP contribution is -2.40. The first-order chi connectivity index (χ1) is 5.57. The molecule has 0 rings (SSSR count). The lowest BCUT2D eigenvalue weighted by atomic mass is 10.2. The minimum atomic E-state index is -0.211.